The highest BCUT2D eigenvalue weighted by molar-refractivity contribution is 7.89. The number of benzene rings is 2. The van der Waals surface area contributed by atoms with Crippen molar-refractivity contribution in [3.05, 3.63) is 57.0 Å². The molecule has 2 aromatic carbocycles. The summed E-state index contributed by atoms with van der Waals surface area (Å²) in [5, 5.41) is 1.09. The number of nitrogens with one attached hydrogen (secondary N) is 1. The Bertz CT molecular complexity index is 794. The monoisotopic (exact) mass is 379 g/mol. The molecule has 22 heavy (non-hydrogen) atoms. The Morgan fingerprint density at radius 2 is 1.77 bits per heavy atom. The first-order valence-corrected chi connectivity index (χ1v) is 8.72. The number of halogens is 3. The molecule has 0 spiro atoms. The summed E-state index contributed by atoms with van der Waals surface area (Å²) >= 11 is 17.8. The molecule has 2 aromatic rings. The third kappa shape index (κ3) is 4.06. The standard InChI is InChI=1S/C14H12Cl3NO3S/c1-21-14-5-4-11(7-13(14)17)22(19,20)18-8-9-2-3-10(15)6-12(9)16/h2-7,18H,8H2,1H3. The first kappa shape index (κ1) is 17.4. The summed E-state index contributed by atoms with van der Waals surface area (Å²) in [4.78, 5) is 0.0448. The van der Waals surface area contributed by atoms with Crippen LogP contribution in [0.15, 0.2) is 41.3 Å². The Labute approximate surface area is 144 Å². The van der Waals surface area contributed by atoms with Gasteiger partial charge in [0, 0.05) is 16.6 Å². The molecule has 0 aromatic heterocycles. The summed E-state index contributed by atoms with van der Waals surface area (Å²) in [6.45, 7) is 0.0436. The molecule has 0 aliphatic rings. The van der Waals surface area contributed by atoms with Gasteiger partial charge in [-0.1, -0.05) is 40.9 Å². The van der Waals surface area contributed by atoms with Crippen LogP contribution in [-0.4, -0.2) is 15.5 Å². The van der Waals surface area contributed by atoms with Gasteiger partial charge in [-0.05, 0) is 35.9 Å². The molecule has 1 N–H and O–H groups in total. The van der Waals surface area contributed by atoms with E-state index in [2.05, 4.69) is 4.72 Å². The van der Waals surface area contributed by atoms with Gasteiger partial charge in [-0.15, -0.1) is 0 Å². The fraction of sp³-hybridized carbons (Fsp3) is 0.143. The smallest absolute Gasteiger partial charge is 0.240 e. The third-order valence-corrected chi connectivity index (χ3v) is 5.18. The molecule has 118 valence electrons. The molecule has 0 bridgehead atoms. The zero-order valence-electron chi connectivity index (χ0n) is 11.4. The molecule has 0 aliphatic carbocycles. The van der Waals surface area contributed by atoms with Crippen LogP contribution in [0.2, 0.25) is 15.1 Å². The van der Waals surface area contributed by atoms with E-state index in [1.165, 1.54) is 25.3 Å². The SMILES string of the molecule is COc1ccc(S(=O)(=O)NCc2ccc(Cl)cc2Cl)cc1Cl. The molecular formula is C14H12Cl3NO3S. The molecule has 8 heteroatoms. The van der Waals surface area contributed by atoms with E-state index in [9.17, 15) is 8.42 Å². The Hall–Kier alpha value is -0.980. The van der Waals surface area contributed by atoms with Crippen molar-refractivity contribution in [2.75, 3.05) is 7.11 Å². The first-order valence-electron chi connectivity index (χ1n) is 6.10. The second kappa shape index (κ2) is 7.06. The van der Waals surface area contributed by atoms with Crippen LogP contribution in [0, 0.1) is 0 Å². The molecule has 2 rings (SSSR count). The van der Waals surface area contributed by atoms with Gasteiger partial charge in [-0.25, -0.2) is 13.1 Å². The highest BCUT2D eigenvalue weighted by atomic mass is 35.5. The van der Waals surface area contributed by atoms with Gasteiger partial charge in [0.25, 0.3) is 0 Å². The van der Waals surface area contributed by atoms with Gasteiger partial charge in [-0.2, -0.15) is 0 Å². The van der Waals surface area contributed by atoms with Gasteiger partial charge in [0.15, 0.2) is 0 Å². The maximum Gasteiger partial charge on any atom is 0.240 e. The van der Waals surface area contributed by atoms with Crippen molar-refractivity contribution in [2.24, 2.45) is 0 Å². The van der Waals surface area contributed by atoms with Crippen LogP contribution in [0.1, 0.15) is 5.56 Å². The maximum absolute atomic E-state index is 12.3. The quantitative estimate of drug-likeness (QED) is 0.848. The number of methoxy groups -OCH3 is 1. The fourth-order valence-corrected chi connectivity index (χ4v) is 3.57. The van der Waals surface area contributed by atoms with Gasteiger partial charge in [0.1, 0.15) is 5.75 Å². The van der Waals surface area contributed by atoms with Crippen molar-refractivity contribution in [2.45, 2.75) is 11.4 Å². The second-order valence-electron chi connectivity index (χ2n) is 4.36. The van der Waals surface area contributed by atoms with Crippen LogP contribution in [0.3, 0.4) is 0 Å². The largest absolute Gasteiger partial charge is 0.495 e. The van der Waals surface area contributed by atoms with Crippen molar-refractivity contribution in [1.82, 2.24) is 4.72 Å². The molecule has 0 saturated heterocycles. The Kier molecular flexibility index (Phi) is 5.58. The zero-order valence-corrected chi connectivity index (χ0v) is 14.5. The molecule has 0 fully saturated rings. The number of hydrogen-bond acceptors (Lipinski definition) is 3. The van der Waals surface area contributed by atoms with E-state index in [0.29, 0.717) is 21.4 Å². The van der Waals surface area contributed by atoms with Crippen molar-refractivity contribution in [1.29, 1.82) is 0 Å². The summed E-state index contributed by atoms with van der Waals surface area (Å²) in [5.74, 6) is 0.404. The molecule has 0 radical (unpaired) electrons. The second-order valence-corrected chi connectivity index (χ2v) is 7.37. The van der Waals surface area contributed by atoms with Gasteiger partial charge in [0.2, 0.25) is 10.0 Å². The van der Waals surface area contributed by atoms with Gasteiger partial charge < -0.3 is 4.74 Å². The molecule has 0 amide bonds. The summed E-state index contributed by atoms with van der Waals surface area (Å²) in [6, 6.07) is 9.08. The predicted molar refractivity (Wildman–Crippen MR) is 88.5 cm³/mol. The van der Waals surface area contributed by atoms with Crippen molar-refractivity contribution < 1.29 is 13.2 Å². The Morgan fingerprint density at radius 1 is 1.05 bits per heavy atom. The molecule has 4 nitrogen and oxygen atoms in total. The van der Waals surface area contributed by atoms with Crippen LogP contribution in [-0.2, 0) is 16.6 Å². The highest BCUT2D eigenvalue weighted by Gasteiger charge is 2.16. The lowest BCUT2D eigenvalue weighted by molar-refractivity contribution is 0.414. The average molecular weight is 381 g/mol. The van der Waals surface area contributed by atoms with Gasteiger partial charge in [-0.3, -0.25) is 0 Å². The summed E-state index contributed by atoms with van der Waals surface area (Å²) in [7, 11) is -2.26. The average Bonchev–Trinajstić information content (AvgIpc) is 2.46. The van der Waals surface area contributed by atoms with E-state index in [0.717, 1.165) is 0 Å². The van der Waals surface area contributed by atoms with Crippen LogP contribution in [0.5, 0.6) is 5.75 Å². The van der Waals surface area contributed by atoms with Crippen molar-refractivity contribution in [3.63, 3.8) is 0 Å². The van der Waals surface area contributed by atoms with E-state index < -0.39 is 10.0 Å². The van der Waals surface area contributed by atoms with Crippen LogP contribution in [0.25, 0.3) is 0 Å². The normalized spacial score (nSPS) is 11.5. The minimum atomic E-state index is -3.71. The minimum Gasteiger partial charge on any atom is -0.495 e. The maximum atomic E-state index is 12.3. The highest BCUT2D eigenvalue weighted by Crippen LogP contribution is 2.27. The number of ether oxygens (including phenoxy) is 1. The lowest BCUT2D eigenvalue weighted by Crippen LogP contribution is -2.23. The zero-order chi connectivity index (χ0) is 16.3. The van der Waals surface area contributed by atoms with Crippen LogP contribution < -0.4 is 9.46 Å². The van der Waals surface area contributed by atoms with Crippen LogP contribution in [0.4, 0.5) is 0 Å². The summed E-state index contributed by atoms with van der Waals surface area (Å²) in [6.07, 6.45) is 0. The molecule has 0 atom stereocenters. The van der Waals surface area contributed by atoms with Gasteiger partial charge >= 0.3 is 0 Å². The van der Waals surface area contributed by atoms with E-state index >= 15 is 0 Å². The predicted octanol–water partition coefficient (Wildman–Crippen LogP) is 4.13. The summed E-state index contributed by atoms with van der Waals surface area (Å²) < 4.78 is 32.0. The van der Waals surface area contributed by atoms with Crippen molar-refractivity contribution in [3.8, 4) is 5.75 Å². The first-order chi connectivity index (χ1) is 10.3. The fourth-order valence-electron chi connectivity index (χ4n) is 1.74. The van der Waals surface area contributed by atoms with E-state index in [1.807, 2.05) is 0 Å². The number of rotatable bonds is 5. The topological polar surface area (TPSA) is 55.4 Å². The van der Waals surface area contributed by atoms with Gasteiger partial charge in [0.05, 0.1) is 17.0 Å². The Balaban J connectivity index is 2.19. The Morgan fingerprint density at radius 3 is 2.36 bits per heavy atom. The third-order valence-electron chi connectivity index (χ3n) is 2.90. The molecule has 0 heterocycles. The summed E-state index contributed by atoms with van der Waals surface area (Å²) in [5.41, 5.74) is 0.620. The minimum absolute atomic E-state index is 0.0436. The molecule has 0 aliphatic heterocycles. The van der Waals surface area contributed by atoms with E-state index in [1.54, 1.807) is 18.2 Å². The van der Waals surface area contributed by atoms with Crippen LogP contribution >= 0.6 is 34.8 Å². The molecule has 0 unspecified atom stereocenters. The van der Waals surface area contributed by atoms with Crippen molar-refractivity contribution >= 4 is 44.8 Å². The molecule has 0 saturated carbocycles. The lowest BCUT2D eigenvalue weighted by atomic mass is 10.2. The molecular weight excluding hydrogens is 369 g/mol. The number of hydrogen-bond donors (Lipinski definition) is 1. The van der Waals surface area contributed by atoms with E-state index in [-0.39, 0.29) is 16.5 Å². The number of sulfonamides is 1. The van der Waals surface area contributed by atoms with E-state index in [4.69, 9.17) is 39.5 Å². The lowest BCUT2D eigenvalue weighted by Gasteiger charge is -2.10.